The molecule has 0 spiro atoms. The third kappa shape index (κ3) is 3.08. The average Bonchev–Trinajstić information content (AvgIpc) is 3.13. The number of Topliss-reactive ketones (excluding diaryl/α,β-unsaturated/α-hetero) is 1. The average molecular weight is 348 g/mol. The van der Waals surface area contributed by atoms with E-state index in [-0.39, 0.29) is 5.78 Å². The van der Waals surface area contributed by atoms with Gasteiger partial charge in [0.25, 0.3) is 0 Å². The minimum absolute atomic E-state index is 0.00232. The standard InChI is InChI=1S/C21H24N4O/c1-13(15-11-23-17-9-7-6-8-14(15)17)10-24-20-18(22)16(12-25(20)5)19(26)21(2,3)4/h6-12,23H,1,22H2,2-5H3/b24-10-. The molecule has 0 saturated heterocycles. The van der Waals surface area contributed by atoms with Crippen molar-refractivity contribution in [2.24, 2.45) is 17.5 Å². The number of H-pyrrole nitrogens is 1. The molecule has 5 nitrogen and oxygen atoms in total. The molecule has 0 amide bonds. The molecule has 0 aliphatic heterocycles. The summed E-state index contributed by atoms with van der Waals surface area (Å²) in [5.74, 6) is 0.557. The Bertz CT molecular complexity index is 1030. The van der Waals surface area contributed by atoms with Gasteiger partial charge in [-0.25, -0.2) is 4.99 Å². The lowest BCUT2D eigenvalue weighted by Crippen LogP contribution is -2.20. The first-order chi connectivity index (χ1) is 12.2. The highest BCUT2D eigenvalue weighted by Crippen LogP contribution is 2.33. The molecule has 0 aliphatic rings. The number of allylic oxidation sites excluding steroid dienone is 1. The van der Waals surface area contributed by atoms with E-state index in [1.54, 1.807) is 17.0 Å². The normalized spacial score (nSPS) is 12.2. The lowest BCUT2D eigenvalue weighted by Gasteiger charge is -2.15. The van der Waals surface area contributed by atoms with Gasteiger partial charge in [-0.1, -0.05) is 45.5 Å². The molecule has 26 heavy (non-hydrogen) atoms. The number of nitrogen functional groups attached to an aromatic ring is 1. The molecule has 1 aromatic carbocycles. The van der Waals surface area contributed by atoms with Gasteiger partial charge in [0.1, 0.15) is 0 Å². The Balaban J connectivity index is 1.93. The summed E-state index contributed by atoms with van der Waals surface area (Å²) in [5.41, 5.74) is 9.42. The van der Waals surface area contributed by atoms with Gasteiger partial charge in [-0.15, -0.1) is 0 Å². The van der Waals surface area contributed by atoms with Gasteiger partial charge in [0.15, 0.2) is 11.6 Å². The molecule has 3 N–H and O–H groups in total. The topological polar surface area (TPSA) is 76.2 Å². The van der Waals surface area contributed by atoms with Crippen molar-refractivity contribution in [3.63, 3.8) is 0 Å². The molecule has 0 unspecified atom stereocenters. The molecular weight excluding hydrogens is 324 g/mol. The summed E-state index contributed by atoms with van der Waals surface area (Å²) in [6.07, 6.45) is 5.35. The number of ketones is 1. The van der Waals surface area contributed by atoms with Crippen molar-refractivity contribution in [2.45, 2.75) is 20.8 Å². The molecule has 3 rings (SSSR count). The van der Waals surface area contributed by atoms with Gasteiger partial charge in [-0.2, -0.15) is 0 Å². The second-order valence-electron chi connectivity index (χ2n) is 7.50. The first-order valence-electron chi connectivity index (χ1n) is 8.49. The minimum atomic E-state index is -0.496. The van der Waals surface area contributed by atoms with E-state index in [0.717, 1.165) is 22.0 Å². The SMILES string of the molecule is C=C(/C=N\c1c(N)c(C(=O)C(C)(C)C)cn1C)c1c[nH]c2ccccc12. The van der Waals surface area contributed by atoms with E-state index in [9.17, 15) is 4.79 Å². The van der Waals surface area contributed by atoms with Crippen molar-refractivity contribution < 1.29 is 4.79 Å². The van der Waals surface area contributed by atoms with E-state index >= 15 is 0 Å². The molecule has 2 heterocycles. The summed E-state index contributed by atoms with van der Waals surface area (Å²) in [7, 11) is 1.83. The molecule has 2 aromatic heterocycles. The highest BCUT2D eigenvalue weighted by Gasteiger charge is 2.27. The number of anilines is 1. The molecule has 0 saturated carbocycles. The van der Waals surface area contributed by atoms with Crippen LogP contribution in [0.25, 0.3) is 16.5 Å². The lowest BCUT2D eigenvalue weighted by atomic mass is 9.87. The van der Waals surface area contributed by atoms with E-state index in [1.807, 2.05) is 58.3 Å². The van der Waals surface area contributed by atoms with Gasteiger partial charge in [0, 0.05) is 47.5 Å². The van der Waals surface area contributed by atoms with Crippen molar-refractivity contribution in [3.05, 3.63) is 54.4 Å². The third-order valence-electron chi connectivity index (χ3n) is 4.39. The fourth-order valence-electron chi connectivity index (χ4n) is 2.93. The van der Waals surface area contributed by atoms with Crippen LogP contribution in [0.2, 0.25) is 0 Å². The lowest BCUT2D eigenvalue weighted by molar-refractivity contribution is 0.0859. The maximum atomic E-state index is 12.6. The summed E-state index contributed by atoms with van der Waals surface area (Å²) in [6, 6.07) is 8.03. The predicted octanol–water partition coefficient (Wildman–Crippen LogP) is 4.73. The molecule has 0 atom stereocenters. The highest BCUT2D eigenvalue weighted by molar-refractivity contribution is 6.15. The van der Waals surface area contributed by atoms with Gasteiger partial charge in [-0.05, 0) is 11.6 Å². The van der Waals surface area contributed by atoms with Crippen LogP contribution >= 0.6 is 0 Å². The number of aryl methyl sites for hydroxylation is 1. The molecule has 0 aliphatic carbocycles. The highest BCUT2D eigenvalue weighted by atomic mass is 16.1. The van der Waals surface area contributed by atoms with Crippen molar-refractivity contribution >= 4 is 40.0 Å². The number of aromatic amines is 1. The van der Waals surface area contributed by atoms with Crippen LogP contribution < -0.4 is 5.73 Å². The summed E-state index contributed by atoms with van der Waals surface area (Å²) in [4.78, 5) is 20.3. The Kier molecular flexibility index (Phi) is 4.32. The fourth-order valence-corrected chi connectivity index (χ4v) is 2.93. The molecule has 5 heteroatoms. The van der Waals surface area contributed by atoms with E-state index in [1.165, 1.54) is 0 Å². The minimum Gasteiger partial charge on any atom is -0.395 e. The predicted molar refractivity (Wildman–Crippen MR) is 109 cm³/mol. The molecule has 0 radical (unpaired) electrons. The zero-order valence-electron chi connectivity index (χ0n) is 15.6. The smallest absolute Gasteiger partial charge is 0.171 e. The van der Waals surface area contributed by atoms with Gasteiger partial charge in [0.05, 0.1) is 11.3 Å². The maximum absolute atomic E-state index is 12.6. The number of rotatable bonds is 4. The first kappa shape index (κ1) is 17.7. The molecule has 0 fully saturated rings. The van der Waals surface area contributed by atoms with Gasteiger partial charge >= 0.3 is 0 Å². The zero-order chi connectivity index (χ0) is 19.1. The summed E-state index contributed by atoms with van der Waals surface area (Å²) in [5, 5.41) is 1.09. The van der Waals surface area contributed by atoms with E-state index in [4.69, 9.17) is 5.73 Å². The molecular formula is C21H24N4O. The number of aromatic nitrogens is 2. The summed E-state index contributed by atoms with van der Waals surface area (Å²) >= 11 is 0. The zero-order valence-corrected chi connectivity index (χ0v) is 15.6. The molecule has 134 valence electrons. The van der Waals surface area contributed by atoms with Crippen molar-refractivity contribution in [1.29, 1.82) is 0 Å². The number of para-hydroxylation sites is 1. The summed E-state index contributed by atoms with van der Waals surface area (Å²) < 4.78 is 1.77. The second kappa shape index (κ2) is 6.33. The van der Waals surface area contributed by atoms with Crippen LogP contribution in [0.4, 0.5) is 11.5 Å². The van der Waals surface area contributed by atoms with Crippen LogP contribution in [-0.2, 0) is 7.05 Å². The monoisotopic (exact) mass is 348 g/mol. The number of carbonyl (C=O) groups excluding carboxylic acids is 1. The Morgan fingerprint density at radius 1 is 1.27 bits per heavy atom. The van der Waals surface area contributed by atoms with Crippen molar-refractivity contribution in [1.82, 2.24) is 9.55 Å². The Morgan fingerprint density at radius 2 is 1.96 bits per heavy atom. The Hall–Kier alpha value is -3.08. The van der Waals surface area contributed by atoms with Crippen LogP contribution in [0, 0.1) is 5.41 Å². The summed E-state index contributed by atoms with van der Waals surface area (Å²) in [6.45, 7) is 9.75. The molecule has 0 bridgehead atoms. The number of aliphatic imine (C=N–C) groups is 1. The second-order valence-corrected chi connectivity index (χ2v) is 7.50. The number of nitrogens with two attached hydrogens (primary N) is 1. The maximum Gasteiger partial charge on any atom is 0.171 e. The fraction of sp³-hybridized carbons (Fsp3) is 0.238. The number of carbonyl (C=O) groups is 1. The number of benzene rings is 1. The number of fused-ring (bicyclic) bond motifs is 1. The van der Waals surface area contributed by atoms with Gasteiger partial charge in [0.2, 0.25) is 0 Å². The number of nitrogens with one attached hydrogen (secondary N) is 1. The van der Waals surface area contributed by atoms with Crippen LogP contribution in [0.15, 0.2) is 48.2 Å². The Labute approximate surface area is 153 Å². The number of nitrogens with zero attached hydrogens (tertiary/aromatic N) is 2. The quantitative estimate of drug-likeness (QED) is 0.528. The van der Waals surface area contributed by atoms with Crippen LogP contribution in [-0.4, -0.2) is 21.5 Å². The number of hydrogen-bond donors (Lipinski definition) is 2. The van der Waals surface area contributed by atoms with Gasteiger partial charge in [-0.3, -0.25) is 4.79 Å². The van der Waals surface area contributed by atoms with E-state index in [0.29, 0.717) is 17.1 Å². The van der Waals surface area contributed by atoms with Crippen LogP contribution in [0.1, 0.15) is 36.7 Å². The van der Waals surface area contributed by atoms with Crippen LogP contribution in [0.5, 0.6) is 0 Å². The largest absolute Gasteiger partial charge is 0.395 e. The van der Waals surface area contributed by atoms with Crippen LogP contribution in [0.3, 0.4) is 0 Å². The number of hydrogen-bond acceptors (Lipinski definition) is 3. The van der Waals surface area contributed by atoms with E-state index in [2.05, 4.69) is 16.6 Å². The molecule has 3 aromatic rings. The van der Waals surface area contributed by atoms with Gasteiger partial charge < -0.3 is 15.3 Å². The van der Waals surface area contributed by atoms with Crippen molar-refractivity contribution in [2.75, 3.05) is 5.73 Å². The third-order valence-corrected chi connectivity index (χ3v) is 4.39. The Morgan fingerprint density at radius 3 is 2.65 bits per heavy atom. The van der Waals surface area contributed by atoms with Crippen molar-refractivity contribution in [3.8, 4) is 0 Å². The first-order valence-corrected chi connectivity index (χ1v) is 8.49. The van der Waals surface area contributed by atoms with E-state index < -0.39 is 5.41 Å².